The fourth-order valence-electron chi connectivity index (χ4n) is 5.32. The zero-order valence-electron chi connectivity index (χ0n) is 25.1. The zero-order chi connectivity index (χ0) is 35.8. The maximum Gasteiger partial charge on any atom is 0.460 e. The normalized spacial score (nSPS) is 19.5. The Hall–Kier alpha value is -2.64. The average Bonchev–Trinajstić information content (AvgIpc) is 3.00. The lowest BCUT2D eigenvalue weighted by Gasteiger charge is -2.48. The predicted octanol–water partition coefficient (Wildman–Crippen LogP) is 7.54. The average molecular weight is 752 g/mol. The topological polar surface area (TPSA) is 95.5 Å². The molecule has 3 N–H and O–H groups in total. The number of rotatable bonds is 12. The Labute approximate surface area is 274 Å². The van der Waals surface area contributed by atoms with Crippen LogP contribution in [0.2, 0.25) is 0 Å². The summed E-state index contributed by atoms with van der Waals surface area (Å²) in [5.74, 6) is -16.4. The van der Waals surface area contributed by atoms with Crippen LogP contribution in [0.1, 0.15) is 37.2 Å². The Kier molecular flexibility index (Phi) is 10.5. The van der Waals surface area contributed by atoms with E-state index in [4.69, 9.17) is 0 Å². The highest BCUT2D eigenvalue weighted by molar-refractivity contribution is 8.20. The number of sulfonamides is 1. The van der Waals surface area contributed by atoms with E-state index in [-0.39, 0.29) is 5.92 Å². The van der Waals surface area contributed by atoms with Gasteiger partial charge in [-0.15, -0.1) is 4.13 Å². The summed E-state index contributed by atoms with van der Waals surface area (Å²) < 4.78 is 168. The number of hydrogen-bond acceptors (Lipinski definition) is 4. The molecular formula is C30H32F9N2O4S3+. The summed E-state index contributed by atoms with van der Waals surface area (Å²) in [5, 5.41) is -4.65. The van der Waals surface area contributed by atoms with E-state index in [1.54, 1.807) is 0 Å². The van der Waals surface area contributed by atoms with Crippen LogP contribution in [-0.2, 0) is 30.5 Å². The van der Waals surface area contributed by atoms with Gasteiger partial charge in [0.05, 0.1) is 10.9 Å². The van der Waals surface area contributed by atoms with E-state index in [0.29, 0.717) is 29.8 Å². The van der Waals surface area contributed by atoms with Crippen molar-refractivity contribution in [1.82, 2.24) is 9.44 Å². The first-order valence-corrected chi connectivity index (χ1v) is 19.5. The number of alkyl halides is 9. The summed E-state index contributed by atoms with van der Waals surface area (Å²) in [6.45, 7) is 0. The Bertz CT molecular complexity index is 1710. The molecule has 0 saturated heterocycles. The second-order valence-corrected chi connectivity index (χ2v) is 18.8. The standard InChI is InChI=1S/C30H31F9N2O4S3/c1-48(44,45,30(38,39)28(33,34)27(31,32)29(35,36)37)41-47(42,43)20-40-23-17-15-21(16-18-23)22-9-8-14-26(19-22)46(24-10-4-2-5-11-24)25-12-6-3-7-13-25/h2-14,19,21,23,40H,15-18,20H2,1H3,(H-,41,44,45)/p+1. The molecule has 0 aliphatic heterocycles. The van der Waals surface area contributed by atoms with Gasteiger partial charge < -0.3 is 0 Å². The summed E-state index contributed by atoms with van der Waals surface area (Å²) in [7, 11) is -13.9. The zero-order valence-corrected chi connectivity index (χ0v) is 27.5. The van der Waals surface area contributed by atoms with E-state index in [1.807, 2.05) is 78.9 Å². The number of benzene rings is 3. The van der Waals surface area contributed by atoms with E-state index in [2.05, 4.69) is 11.4 Å². The third kappa shape index (κ3) is 7.57. The largest absolute Gasteiger partial charge is 0.460 e. The molecule has 266 valence electrons. The van der Waals surface area contributed by atoms with Crippen molar-refractivity contribution in [2.45, 2.75) is 75.6 Å². The van der Waals surface area contributed by atoms with E-state index in [1.165, 1.54) is 0 Å². The van der Waals surface area contributed by atoms with Gasteiger partial charge in [0.15, 0.2) is 14.7 Å². The first-order valence-electron chi connectivity index (χ1n) is 14.3. The first kappa shape index (κ1) is 38.2. The lowest BCUT2D eigenvalue weighted by molar-refractivity contribution is -0.383. The Balaban J connectivity index is 1.43. The van der Waals surface area contributed by atoms with Gasteiger partial charge in [-0.25, -0.2) is 8.42 Å². The number of hydrogen-bond donors (Lipinski definition) is 3. The molecule has 48 heavy (non-hydrogen) atoms. The minimum Gasteiger partial charge on any atom is -0.300 e. The van der Waals surface area contributed by atoms with Crippen LogP contribution in [0.3, 0.4) is 0 Å². The molecule has 1 aliphatic rings. The van der Waals surface area contributed by atoms with Crippen molar-refractivity contribution < 1.29 is 56.7 Å². The van der Waals surface area contributed by atoms with E-state index < -0.39 is 71.9 Å². The van der Waals surface area contributed by atoms with Crippen LogP contribution in [0, 0.1) is 0 Å². The van der Waals surface area contributed by atoms with Gasteiger partial charge in [-0.3, -0.25) is 9.87 Å². The van der Waals surface area contributed by atoms with Crippen LogP contribution in [0.5, 0.6) is 0 Å². The number of nitrogens with one attached hydrogen (secondary N) is 2. The van der Waals surface area contributed by atoms with Crippen LogP contribution in [0.25, 0.3) is 0 Å². The van der Waals surface area contributed by atoms with Crippen LogP contribution in [0.15, 0.2) is 99.6 Å². The minimum absolute atomic E-state index is 0.0439. The van der Waals surface area contributed by atoms with Gasteiger partial charge in [0.2, 0.25) is 10.0 Å². The Morgan fingerprint density at radius 1 is 0.750 bits per heavy atom. The molecule has 1 fully saturated rings. The maximum atomic E-state index is 14.4. The molecule has 0 amide bonds. The van der Waals surface area contributed by atoms with E-state index >= 15 is 0 Å². The molecular weight excluding hydrogens is 720 g/mol. The molecule has 6 nitrogen and oxygen atoms in total. The molecule has 0 bridgehead atoms. The second-order valence-electron chi connectivity index (χ2n) is 11.5. The first-order chi connectivity index (χ1) is 22.0. The fourth-order valence-corrected chi connectivity index (χ4v) is 11.7. The fraction of sp³-hybridized carbons (Fsp3) is 0.400. The van der Waals surface area contributed by atoms with Crippen LogP contribution in [-0.4, -0.2) is 58.6 Å². The van der Waals surface area contributed by atoms with Crippen molar-refractivity contribution in [3.63, 3.8) is 0 Å². The summed E-state index contributed by atoms with van der Waals surface area (Å²) in [6, 6.07) is 27.3. The van der Waals surface area contributed by atoms with Crippen molar-refractivity contribution in [3.05, 3.63) is 90.5 Å². The molecule has 0 radical (unpaired) electrons. The molecule has 0 spiro atoms. The van der Waals surface area contributed by atoms with Crippen molar-refractivity contribution in [2.24, 2.45) is 0 Å². The van der Waals surface area contributed by atoms with Crippen molar-refractivity contribution in [3.8, 4) is 0 Å². The molecule has 18 heteroatoms. The van der Waals surface area contributed by atoms with Gasteiger partial charge in [-0.05, 0) is 73.6 Å². The summed E-state index contributed by atoms with van der Waals surface area (Å²) >= 11 is 0. The molecule has 1 saturated carbocycles. The van der Waals surface area contributed by atoms with Gasteiger partial charge in [0, 0.05) is 12.3 Å². The van der Waals surface area contributed by atoms with Crippen molar-refractivity contribution >= 4 is 30.5 Å². The lowest BCUT2D eigenvalue weighted by atomic mass is 9.82. The van der Waals surface area contributed by atoms with Crippen LogP contribution in [0.4, 0.5) is 39.5 Å². The SMILES string of the molecule is CS(=O)(O)(NS(=O)(=O)CNC1CCC(c2cccc([S+](c3ccccc3)c3ccccc3)c2)CC1)C(F)(F)C(F)(F)C(F)(F)C(F)(F)F. The molecule has 0 aromatic heterocycles. The Morgan fingerprint density at radius 3 is 1.71 bits per heavy atom. The van der Waals surface area contributed by atoms with E-state index in [9.17, 15) is 56.7 Å². The van der Waals surface area contributed by atoms with E-state index in [0.717, 1.165) is 20.2 Å². The smallest absolute Gasteiger partial charge is 0.300 e. The molecule has 4 rings (SSSR count). The van der Waals surface area contributed by atoms with Gasteiger partial charge >= 0.3 is 23.3 Å². The monoisotopic (exact) mass is 751 g/mol. The highest BCUT2D eigenvalue weighted by Crippen LogP contribution is 2.58. The van der Waals surface area contributed by atoms with Gasteiger partial charge in [0.25, 0.3) is 0 Å². The molecule has 3 aromatic rings. The molecule has 3 aromatic carbocycles. The molecule has 0 heterocycles. The van der Waals surface area contributed by atoms with Crippen LogP contribution < -0.4 is 9.44 Å². The van der Waals surface area contributed by atoms with Crippen molar-refractivity contribution in [1.29, 1.82) is 0 Å². The third-order valence-electron chi connectivity index (χ3n) is 7.86. The van der Waals surface area contributed by atoms with Gasteiger partial charge in [0.1, 0.15) is 5.88 Å². The minimum atomic E-state index is -7.98. The molecule has 0 unspecified atom stereocenters. The quantitative estimate of drug-likeness (QED) is 0.131. The summed E-state index contributed by atoms with van der Waals surface area (Å²) in [5.41, 5.74) is 1.03. The third-order valence-corrected chi connectivity index (χ3v) is 14.7. The molecule has 1 aliphatic carbocycles. The summed E-state index contributed by atoms with van der Waals surface area (Å²) in [6.07, 6.45) is -6.28. The highest BCUT2D eigenvalue weighted by atomic mass is 32.3. The second kappa shape index (κ2) is 13.2. The van der Waals surface area contributed by atoms with Crippen LogP contribution >= 0.6 is 0 Å². The highest BCUT2D eigenvalue weighted by Gasteiger charge is 2.86. The number of halogens is 9. The Morgan fingerprint density at radius 2 is 1.23 bits per heavy atom. The predicted molar refractivity (Wildman–Crippen MR) is 164 cm³/mol. The van der Waals surface area contributed by atoms with Gasteiger partial charge in [-0.1, -0.05) is 58.1 Å². The van der Waals surface area contributed by atoms with Gasteiger partial charge in [-0.2, -0.15) is 43.7 Å². The van der Waals surface area contributed by atoms with Crippen molar-refractivity contribution in [2.75, 3.05) is 12.1 Å². The lowest BCUT2D eigenvalue weighted by Crippen LogP contribution is -2.73. The molecule has 0 atom stereocenters. The maximum absolute atomic E-state index is 14.4. The summed E-state index contributed by atoms with van der Waals surface area (Å²) in [4.78, 5) is 3.29.